The number of ether oxygens (including phenoxy) is 2. The molecule has 0 aliphatic carbocycles. The van der Waals surface area contributed by atoms with Gasteiger partial charge in [0, 0.05) is 20.6 Å². The van der Waals surface area contributed by atoms with Crippen LogP contribution >= 0.6 is 0 Å². The Labute approximate surface area is 107 Å². The Morgan fingerprint density at radius 2 is 1.67 bits per heavy atom. The van der Waals surface area contributed by atoms with Gasteiger partial charge in [-0.25, -0.2) is 0 Å². The second-order valence-corrected chi connectivity index (χ2v) is 4.25. The van der Waals surface area contributed by atoms with Crippen LogP contribution in [0.15, 0.2) is 42.5 Å². The molecule has 3 heteroatoms. The molecular formula is C15H18O3. The molecular weight excluding hydrogens is 228 g/mol. The van der Waals surface area contributed by atoms with Crippen LogP contribution in [0.5, 0.6) is 0 Å². The highest BCUT2D eigenvalue weighted by Gasteiger charge is 2.19. The van der Waals surface area contributed by atoms with Crippen molar-refractivity contribution in [1.29, 1.82) is 0 Å². The molecule has 0 fully saturated rings. The lowest BCUT2D eigenvalue weighted by Crippen LogP contribution is -2.31. The molecule has 96 valence electrons. The highest BCUT2D eigenvalue weighted by molar-refractivity contribution is 5.85. The van der Waals surface area contributed by atoms with Gasteiger partial charge in [-0.1, -0.05) is 42.5 Å². The van der Waals surface area contributed by atoms with Crippen molar-refractivity contribution in [2.24, 2.45) is 0 Å². The Kier molecular flexibility index (Phi) is 4.31. The van der Waals surface area contributed by atoms with E-state index in [0.717, 1.165) is 10.9 Å². The predicted molar refractivity (Wildman–Crippen MR) is 71.5 cm³/mol. The summed E-state index contributed by atoms with van der Waals surface area (Å²) < 4.78 is 10.1. The average molecular weight is 246 g/mol. The van der Waals surface area contributed by atoms with E-state index in [1.807, 2.05) is 24.3 Å². The average Bonchev–Trinajstić information content (AvgIpc) is 2.40. The molecule has 18 heavy (non-hydrogen) atoms. The molecule has 0 amide bonds. The molecule has 2 aromatic carbocycles. The van der Waals surface area contributed by atoms with E-state index in [-0.39, 0.29) is 0 Å². The first-order valence-electron chi connectivity index (χ1n) is 5.96. The SMILES string of the molecule is COC(OC)C(O)Cc1cccc2ccccc12. The number of aliphatic hydroxyl groups is 1. The third-order valence-electron chi connectivity index (χ3n) is 3.09. The van der Waals surface area contributed by atoms with Crippen LogP contribution in [0.3, 0.4) is 0 Å². The highest BCUT2D eigenvalue weighted by Crippen LogP contribution is 2.20. The van der Waals surface area contributed by atoms with Crippen LogP contribution < -0.4 is 0 Å². The van der Waals surface area contributed by atoms with Crippen molar-refractivity contribution in [2.45, 2.75) is 18.8 Å². The normalized spacial score (nSPS) is 13.1. The molecule has 2 aromatic rings. The van der Waals surface area contributed by atoms with Gasteiger partial charge in [0.05, 0.1) is 0 Å². The fourth-order valence-corrected chi connectivity index (χ4v) is 2.20. The summed E-state index contributed by atoms with van der Waals surface area (Å²) in [7, 11) is 3.06. The van der Waals surface area contributed by atoms with Crippen molar-refractivity contribution >= 4 is 10.8 Å². The second kappa shape index (κ2) is 5.96. The Bertz CT molecular complexity index is 501. The van der Waals surface area contributed by atoms with Gasteiger partial charge in [0.1, 0.15) is 6.10 Å². The smallest absolute Gasteiger partial charge is 0.183 e. The molecule has 0 bridgehead atoms. The summed E-state index contributed by atoms with van der Waals surface area (Å²) in [5, 5.41) is 12.4. The van der Waals surface area contributed by atoms with Crippen LogP contribution in [0.1, 0.15) is 5.56 Å². The lowest BCUT2D eigenvalue weighted by atomic mass is 10.00. The number of rotatable bonds is 5. The van der Waals surface area contributed by atoms with E-state index in [0.29, 0.717) is 6.42 Å². The largest absolute Gasteiger partial charge is 0.387 e. The monoisotopic (exact) mass is 246 g/mol. The maximum absolute atomic E-state index is 10.1. The van der Waals surface area contributed by atoms with Crippen molar-refractivity contribution in [3.63, 3.8) is 0 Å². The van der Waals surface area contributed by atoms with Crippen LogP contribution in [-0.4, -0.2) is 31.7 Å². The number of aliphatic hydroxyl groups excluding tert-OH is 1. The first-order chi connectivity index (χ1) is 8.76. The molecule has 0 aliphatic rings. The van der Waals surface area contributed by atoms with Gasteiger partial charge in [0.2, 0.25) is 0 Å². The third-order valence-corrected chi connectivity index (χ3v) is 3.09. The van der Waals surface area contributed by atoms with E-state index in [4.69, 9.17) is 9.47 Å². The van der Waals surface area contributed by atoms with Gasteiger partial charge in [-0.3, -0.25) is 0 Å². The molecule has 0 radical (unpaired) electrons. The van der Waals surface area contributed by atoms with E-state index in [1.165, 1.54) is 19.6 Å². The van der Waals surface area contributed by atoms with Crippen LogP contribution in [0.25, 0.3) is 10.8 Å². The fraction of sp³-hybridized carbons (Fsp3) is 0.333. The molecule has 0 saturated heterocycles. The molecule has 1 atom stereocenters. The van der Waals surface area contributed by atoms with Gasteiger partial charge in [-0.15, -0.1) is 0 Å². The summed E-state index contributed by atoms with van der Waals surface area (Å²) in [5.41, 5.74) is 1.10. The summed E-state index contributed by atoms with van der Waals surface area (Å²) in [5.74, 6) is 0. The molecule has 0 heterocycles. The Morgan fingerprint density at radius 1 is 1.00 bits per heavy atom. The van der Waals surface area contributed by atoms with Crippen molar-refractivity contribution in [1.82, 2.24) is 0 Å². The zero-order valence-corrected chi connectivity index (χ0v) is 10.7. The Morgan fingerprint density at radius 3 is 2.39 bits per heavy atom. The molecule has 0 saturated carbocycles. The third kappa shape index (κ3) is 2.70. The summed E-state index contributed by atoms with van der Waals surface area (Å²) in [4.78, 5) is 0. The minimum absolute atomic E-state index is 0.508. The van der Waals surface area contributed by atoms with Gasteiger partial charge in [-0.2, -0.15) is 0 Å². The number of benzene rings is 2. The fourth-order valence-electron chi connectivity index (χ4n) is 2.20. The van der Waals surface area contributed by atoms with Crippen LogP contribution in [-0.2, 0) is 15.9 Å². The summed E-state index contributed by atoms with van der Waals surface area (Å²) >= 11 is 0. The number of fused-ring (bicyclic) bond motifs is 1. The minimum atomic E-state index is -0.675. The molecule has 3 nitrogen and oxygen atoms in total. The second-order valence-electron chi connectivity index (χ2n) is 4.25. The van der Waals surface area contributed by atoms with Crippen LogP contribution in [0.2, 0.25) is 0 Å². The first kappa shape index (κ1) is 13.0. The number of hydrogen-bond donors (Lipinski definition) is 1. The van der Waals surface area contributed by atoms with Gasteiger partial charge < -0.3 is 14.6 Å². The lowest BCUT2D eigenvalue weighted by Gasteiger charge is -2.20. The summed E-state index contributed by atoms with van der Waals surface area (Å²) in [6.45, 7) is 0. The zero-order chi connectivity index (χ0) is 13.0. The van der Waals surface area contributed by atoms with Gasteiger partial charge >= 0.3 is 0 Å². The van der Waals surface area contributed by atoms with E-state index in [2.05, 4.69) is 18.2 Å². The molecule has 1 unspecified atom stereocenters. The quantitative estimate of drug-likeness (QED) is 0.823. The van der Waals surface area contributed by atoms with Gasteiger partial charge in [0.25, 0.3) is 0 Å². The van der Waals surface area contributed by atoms with Gasteiger partial charge in [0.15, 0.2) is 6.29 Å². The van der Waals surface area contributed by atoms with Crippen molar-refractivity contribution < 1.29 is 14.6 Å². The maximum atomic E-state index is 10.1. The summed E-state index contributed by atoms with van der Waals surface area (Å²) in [6, 6.07) is 14.2. The van der Waals surface area contributed by atoms with E-state index in [1.54, 1.807) is 0 Å². The van der Waals surface area contributed by atoms with Crippen LogP contribution in [0.4, 0.5) is 0 Å². The first-order valence-corrected chi connectivity index (χ1v) is 5.96. The number of methoxy groups -OCH3 is 2. The molecule has 1 N–H and O–H groups in total. The van der Waals surface area contributed by atoms with E-state index < -0.39 is 12.4 Å². The molecule has 0 aliphatic heterocycles. The minimum Gasteiger partial charge on any atom is -0.387 e. The topological polar surface area (TPSA) is 38.7 Å². The Hall–Kier alpha value is -1.42. The van der Waals surface area contributed by atoms with E-state index >= 15 is 0 Å². The molecule has 0 aromatic heterocycles. The summed E-state index contributed by atoms with van der Waals surface area (Å²) in [6.07, 6.45) is -0.761. The van der Waals surface area contributed by atoms with Crippen molar-refractivity contribution in [3.05, 3.63) is 48.0 Å². The highest BCUT2D eigenvalue weighted by atomic mass is 16.7. The molecule has 2 rings (SSSR count). The van der Waals surface area contributed by atoms with Crippen LogP contribution in [0, 0.1) is 0 Å². The predicted octanol–water partition coefficient (Wildman–Crippen LogP) is 2.36. The maximum Gasteiger partial charge on any atom is 0.183 e. The van der Waals surface area contributed by atoms with Crippen molar-refractivity contribution in [2.75, 3.05) is 14.2 Å². The lowest BCUT2D eigenvalue weighted by molar-refractivity contribution is -0.163. The Balaban J connectivity index is 2.26. The van der Waals surface area contributed by atoms with Crippen molar-refractivity contribution in [3.8, 4) is 0 Å². The number of hydrogen-bond acceptors (Lipinski definition) is 3. The van der Waals surface area contributed by atoms with Gasteiger partial charge in [-0.05, 0) is 16.3 Å². The standard InChI is InChI=1S/C15H18O3/c1-17-15(18-2)14(16)10-12-8-5-7-11-6-3-4-9-13(11)12/h3-9,14-16H,10H2,1-2H3. The van der Waals surface area contributed by atoms with E-state index in [9.17, 15) is 5.11 Å². The molecule has 0 spiro atoms. The zero-order valence-electron chi connectivity index (χ0n) is 10.7.